The van der Waals surface area contributed by atoms with Gasteiger partial charge in [-0.3, -0.25) is 14.4 Å². The van der Waals surface area contributed by atoms with E-state index in [9.17, 15) is 14.4 Å². The molecular weight excluding hydrogens is 424 g/mol. The number of benzene rings is 3. The van der Waals surface area contributed by atoms with E-state index in [0.29, 0.717) is 17.1 Å². The third-order valence-electron chi connectivity index (χ3n) is 4.10. The summed E-state index contributed by atoms with van der Waals surface area (Å²) in [5.41, 5.74) is 1.87. The van der Waals surface area contributed by atoms with E-state index in [1.54, 1.807) is 48.5 Å². The number of amides is 2. The van der Waals surface area contributed by atoms with Gasteiger partial charge in [-0.25, -0.2) is 0 Å². The number of nitrogens with zero attached hydrogens (tertiary/aromatic N) is 2. The molecule has 33 heavy (non-hydrogen) atoms. The number of anilines is 1. The first-order chi connectivity index (χ1) is 16.1. The highest BCUT2D eigenvalue weighted by Gasteiger charge is 2.10. The first kappa shape index (κ1) is 23.1. The first-order valence-corrected chi connectivity index (χ1v) is 10.1. The van der Waals surface area contributed by atoms with Crippen LogP contribution in [0.15, 0.2) is 95.2 Å². The molecule has 0 fully saturated rings. The summed E-state index contributed by atoms with van der Waals surface area (Å²) in [5, 5.41) is 13.2. The molecule has 0 aliphatic heterocycles. The van der Waals surface area contributed by atoms with Crippen molar-refractivity contribution in [2.24, 2.45) is 10.2 Å². The second-order valence-electron chi connectivity index (χ2n) is 6.67. The second-order valence-corrected chi connectivity index (χ2v) is 6.67. The molecule has 3 aromatic rings. The average molecular weight is 446 g/mol. The second kappa shape index (κ2) is 12.4. The van der Waals surface area contributed by atoms with E-state index >= 15 is 0 Å². The highest BCUT2D eigenvalue weighted by atomic mass is 16.5. The van der Waals surface area contributed by atoms with Crippen LogP contribution in [0.2, 0.25) is 0 Å². The zero-order valence-corrected chi connectivity index (χ0v) is 17.6. The van der Waals surface area contributed by atoms with Crippen molar-refractivity contribution in [1.29, 1.82) is 0 Å². The Morgan fingerprint density at radius 1 is 0.697 bits per heavy atom. The van der Waals surface area contributed by atoms with Crippen molar-refractivity contribution in [3.8, 4) is 5.75 Å². The number of nitrogens with one attached hydrogen (secondary N) is 2. The fourth-order valence-corrected chi connectivity index (χ4v) is 2.50. The standard InChI is InChI=1S/C24H22N4O5/c29-22(16-32-21-9-5-2-6-10-21)25-15-24(31)33-17-23(30)26-18-11-13-20(14-12-18)28-27-19-7-3-1-4-8-19/h1-14H,15-17H2,(H,25,29)(H,26,30). The van der Waals surface area contributed by atoms with Gasteiger partial charge >= 0.3 is 5.97 Å². The number of carbonyl (C=O) groups excluding carboxylic acids is 3. The van der Waals surface area contributed by atoms with Crippen LogP contribution in [0.25, 0.3) is 0 Å². The van der Waals surface area contributed by atoms with Crippen LogP contribution in [0.5, 0.6) is 5.75 Å². The lowest BCUT2D eigenvalue weighted by Gasteiger charge is -2.08. The summed E-state index contributed by atoms with van der Waals surface area (Å²) in [6.45, 7) is -1.09. The Morgan fingerprint density at radius 2 is 1.30 bits per heavy atom. The minimum atomic E-state index is -0.741. The topological polar surface area (TPSA) is 118 Å². The number of carbonyl (C=O) groups is 3. The van der Waals surface area contributed by atoms with Crippen LogP contribution in [0, 0.1) is 0 Å². The van der Waals surface area contributed by atoms with E-state index in [1.807, 2.05) is 36.4 Å². The lowest BCUT2D eigenvalue weighted by molar-refractivity contribution is -0.147. The Hall–Kier alpha value is -4.53. The predicted octanol–water partition coefficient (Wildman–Crippen LogP) is 3.78. The number of hydrogen-bond donors (Lipinski definition) is 2. The monoisotopic (exact) mass is 446 g/mol. The molecule has 0 aliphatic carbocycles. The highest BCUT2D eigenvalue weighted by Crippen LogP contribution is 2.20. The van der Waals surface area contributed by atoms with Gasteiger partial charge in [-0.2, -0.15) is 10.2 Å². The Morgan fingerprint density at radius 3 is 1.97 bits per heavy atom. The van der Waals surface area contributed by atoms with Gasteiger partial charge in [0.15, 0.2) is 13.2 Å². The van der Waals surface area contributed by atoms with Crippen molar-refractivity contribution in [2.45, 2.75) is 0 Å². The summed E-state index contributed by atoms with van der Waals surface area (Å²) in [4.78, 5) is 35.4. The van der Waals surface area contributed by atoms with Crippen LogP contribution in [0.3, 0.4) is 0 Å². The third-order valence-corrected chi connectivity index (χ3v) is 4.10. The maximum absolute atomic E-state index is 12.0. The minimum absolute atomic E-state index is 0.237. The molecule has 0 spiro atoms. The van der Waals surface area contributed by atoms with Gasteiger partial charge in [0.05, 0.1) is 11.4 Å². The Kier molecular flexibility index (Phi) is 8.66. The summed E-state index contributed by atoms with van der Waals surface area (Å²) < 4.78 is 10.1. The molecular formula is C24H22N4O5. The molecule has 0 saturated carbocycles. The lowest BCUT2D eigenvalue weighted by Crippen LogP contribution is -2.35. The molecule has 2 amide bonds. The van der Waals surface area contributed by atoms with E-state index < -0.39 is 24.4 Å². The summed E-state index contributed by atoms with van der Waals surface area (Å²) in [6, 6.07) is 24.8. The normalized spacial score (nSPS) is 10.4. The first-order valence-electron chi connectivity index (χ1n) is 10.1. The van der Waals surface area contributed by atoms with Crippen molar-refractivity contribution >= 4 is 34.8 Å². The van der Waals surface area contributed by atoms with E-state index in [4.69, 9.17) is 9.47 Å². The number of azo groups is 1. The smallest absolute Gasteiger partial charge is 0.325 e. The van der Waals surface area contributed by atoms with Gasteiger partial charge in [0.25, 0.3) is 11.8 Å². The van der Waals surface area contributed by atoms with Crippen LogP contribution in [-0.2, 0) is 19.1 Å². The Bertz CT molecular complexity index is 1090. The molecule has 0 unspecified atom stereocenters. The van der Waals surface area contributed by atoms with Gasteiger partial charge in [0, 0.05) is 5.69 Å². The van der Waals surface area contributed by atoms with Gasteiger partial charge in [0.2, 0.25) is 0 Å². The van der Waals surface area contributed by atoms with Crippen molar-refractivity contribution in [3.05, 3.63) is 84.9 Å². The number of hydrogen-bond acceptors (Lipinski definition) is 7. The number of esters is 1. The lowest BCUT2D eigenvalue weighted by atomic mass is 10.3. The molecule has 0 atom stereocenters. The molecule has 3 aromatic carbocycles. The predicted molar refractivity (Wildman–Crippen MR) is 122 cm³/mol. The highest BCUT2D eigenvalue weighted by molar-refractivity contribution is 5.93. The van der Waals surface area contributed by atoms with Crippen molar-refractivity contribution in [2.75, 3.05) is 25.1 Å². The summed E-state index contributed by atoms with van der Waals surface area (Å²) in [6.07, 6.45) is 0. The summed E-state index contributed by atoms with van der Waals surface area (Å²) >= 11 is 0. The van der Waals surface area contributed by atoms with E-state index in [-0.39, 0.29) is 13.2 Å². The van der Waals surface area contributed by atoms with Crippen molar-refractivity contribution in [1.82, 2.24) is 5.32 Å². The van der Waals surface area contributed by atoms with Gasteiger partial charge < -0.3 is 20.1 Å². The fourth-order valence-electron chi connectivity index (χ4n) is 2.50. The van der Waals surface area contributed by atoms with E-state index in [0.717, 1.165) is 5.69 Å². The van der Waals surface area contributed by atoms with Gasteiger partial charge in [0.1, 0.15) is 12.3 Å². The zero-order chi connectivity index (χ0) is 23.3. The Balaban J connectivity index is 1.33. The number of rotatable bonds is 10. The van der Waals surface area contributed by atoms with Gasteiger partial charge in [-0.1, -0.05) is 36.4 Å². The molecule has 0 radical (unpaired) electrons. The molecule has 0 aromatic heterocycles. The SMILES string of the molecule is O=C(COc1ccccc1)NCC(=O)OCC(=O)Nc1ccc(N=Nc2ccccc2)cc1. The van der Waals surface area contributed by atoms with Crippen LogP contribution < -0.4 is 15.4 Å². The molecule has 0 aliphatic rings. The molecule has 2 N–H and O–H groups in total. The van der Waals surface area contributed by atoms with Crippen LogP contribution in [0.1, 0.15) is 0 Å². The van der Waals surface area contributed by atoms with Crippen molar-refractivity contribution in [3.63, 3.8) is 0 Å². The fraction of sp³-hybridized carbons (Fsp3) is 0.125. The molecule has 168 valence electrons. The molecule has 3 rings (SSSR count). The summed E-state index contributed by atoms with van der Waals surface area (Å²) in [7, 11) is 0. The van der Waals surface area contributed by atoms with E-state index in [1.165, 1.54) is 0 Å². The van der Waals surface area contributed by atoms with Crippen LogP contribution in [0.4, 0.5) is 17.1 Å². The maximum atomic E-state index is 12.0. The Labute approximate surface area is 190 Å². The number of ether oxygens (including phenoxy) is 2. The summed E-state index contributed by atoms with van der Waals surface area (Å²) in [5.74, 6) is -1.19. The quantitative estimate of drug-likeness (QED) is 0.363. The number of para-hydroxylation sites is 1. The van der Waals surface area contributed by atoms with Crippen LogP contribution in [-0.4, -0.2) is 37.5 Å². The van der Waals surface area contributed by atoms with E-state index in [2.05, 4.69) is 20.9 Å². The molecule has 9 nitrogen and oxygen atoms in total. The average Bonchev–Trinajstić information content (AvgIpc) is 2.86. The van der Waals surface area contributed by atoms with Gasteiger partial charge in [-0.15, -0.1) is 0 Å². The zero-order valence-electron chi connectivity index (χ0n) is 17.6. The molecule has 9 heteroatoms. The molecule has 0 bridgehead atoms. The third kappa shape index (κ3) is 8.62. The molecule has 0 heterocycles. The minimum Gasteiger partial charge on any atom is -0.484 e. The van der Waals surface area contributed by atoms with Crippen LogP contribution >= 0.6 is 0 Å². The van der Waals surface area contributed by atoms with Gasteiger partial charge in [-0.05, 0) is 48.5 Å². The van der Waals surface area contributed by atoms with Crippen molar-refractivity contribution < 1.29 is 23.9 Å². The molecule has 0 saturated heterocycles. The maximum Gasteiger partial charge on any atom is 0.325 e. The largest absolute Gasteiger partial charge is 0.484 e.